The summed E-state index contributed by atoms with van der Waals surface area (Å²) in [4.78, 5) is 2.69. The van der Waals surface area contributed by atoms with Crippen LogP contribution in [-0.2, 0) is 6.42 Å². The summed E-state index contributed by atoms with van der Waals surface area (Å²) in [5, 5.41) is 1.30. The van der Waals surface area contributed by atoms with Crippen LogP contribution >= 0.6 is 0 Å². The molecule has 2 nitrogen and oxygen atoms in total. The molecule has 116 valence electrons. The van der Waals surface area contributed by atoms with Crippen molar-refractivity contribution in [3.63, 3.8) is 0 Å². The molecule has 0 radical (unpaired) electrons. The van der Waals surface area contributed by atoms with Gasteiger partial charge in [0.25, 0.3) is 0 Å². The van der Waals surface area contributed by atoms with Crippen LogP contribution in [0, 0.1) is 18.8 Å². The minimum Gasteiger partial charge on any atom is -0.464 e. The van der Waals surface area contributed by atoms with Crippen LogP contribution in [0.5, 0.6) is 0 Å². The van der Waals surface area contributed by atoms with Gasteiger partial charge in [-0.2, -0.15) is 0 Å². The Balaban J connectivity index is 1.50. The molecule has 3 unspecified atom stereocenters. The van der Waals surface area contributed by atoms with Gasteiger partial charge in [0, 0.05) is 24.5 Å². The van der Waals surface area contributed by atoms with Crippen LogP contribution < -0.4 is 0 Å². The second-order valence-electron chi connectivity index (χ2n) is 7.00. The summed E-state index contributed by atoms with van der Waals surface area (Å²) >= 11 is 0. The van der Waals surface area contributed by atoms with Crippen molar-refractivity contribution in [3.05, 3.63) is 47.7 Å². The van der Waals surface area contributed by atoms with Crippen LogP contribution in [0.4, 0.5) is 0 Å². The van der Waals surface area contributed by atoms with Crippen molar-refractivity contribution in [2.24, 2.45) is 11.8 Å². The van der Waals surface area contributed by atoms with E-state index in [1.807, 2.05) is 6.26 Å². The molecule has 1 aromatic heterocycles. The fraction of sp³-hybridized carbons (Fsp3) is 0.500. The second-order valence-corrected chi connectivity index (χ2v) is 7.00. The van der Waals surface area contributed by atoms with Gasteiger partial charge in [-0.05, 0) is 42.7 Å². The third-order valence-electron chi connectivity index (χ3n) is 5.63. The zero-order valence-corrected chi connectivity index (χ0v) is 13.6. The Morgan fingerprint density at radius 1 is 1.27 bits per heavy atom. The smallest absolute Gasteiger partial charge is 0.137 e. The third kappa shape index (κ3) is 2.30. The van der Waals surface area contributed by atoms with Crippen LogP contribution in [0.3, 0.4) is 0 Å². The number of hydrogen-bond donors (Lipinski definition) is 0. The summed E-state index contributed by atoms with van der Waals surface area (Å²) in [7, 11) is 0. The maximum Gasteiger partial charge on any atom is 0.137 e. The van der Waals surface area contributed by atoms with Crippen LogP contribution in [0.15, 0.2) is 41.0 Å². The summed E-state index contributed by atoms with van der Waals surface area (Å²) in [6, 6.07) is 7.11. The van der Waals surface area contributed by atoms with E-state index in [4.69, 9.17) is 4.42 Å². The zero-order chi connectivity index (χ0) is 15.1. The lowest BCUT2D eigenvalue weighted by Gasteiger charge is -2.46. The van der Waals surface area contributed by atoms with Gasteiger partial charge in [0.15, 0.2) is 0 Å². The van der Waals surface area contributed by atoms with Gasteiger partial charge in [-0.25, -0.2) is 0 Å². The van der Waals surface area contributed by atoms with E-state index in [0.29, 0.717) is 6.04 Å². The molecule has 22 heavy (non-hydrogen) atoms. The molecule has 5 rings (SSSR count). The molecule has 2 aliphatic heterocycles. The lowest BCUT2D eigenvalue weighted by atomic mass is 9.76. The highest BCUT2D eigenvalue weighted by atomic mass is 16.3. The molecule has 1 aromatic carbocycles. The minimum atomic E-state index is 0.662. The molecular weight excluding hydrogens is 270 g/mol. The van der Waals surface area contributed by atoms with Crippen molar-refractivity contribution >= 4 is 11.0 Å². The number of fused-ring (bicyclic) bond motifs is 3. The lowest BCUT2D eigenvalue weighted by molar-refractivity contribution is 0.0826. The number of para-hydroxylation sites is 1. The average Bonchev–Trinajstić information content (AvgIpc) is 2.98. The van der Waals surface area contributed by atoms with E-state index < -0.39 is 0 Å². The summed E-state index contributed by atoms with van der Waals surface area (Å²) < 4.78 is 5.79. The van der Waals surface area contributed by atoms with Gasteiger partial charge >= 0.3 is 0 Å². The number of nitrogens with zero attached hydrogens (tertiary/aromatic N) is 1. The maximum atomic E-state index is 5.79. The van der Waals surface area contributed by atoms with Gasteiger partial charge in [0.1, 0.15) is 5.58 Å². The van der Waals surface area contributed by atoms with Crippen molar-refractivity contribution in [2.45, 2.75) is 39.2 Å². The normalized spacial score (nSPS) is 27.8. The molecule has 0 amide bonds. The molecule has 1 saturated heterocycles. The van der Waals surface area contributed by atoms with E-state index in [9.17, 15) is 0 Å². The van der Waals surface area contributed by atoms with Gasteiger partial charge in [-0.15, -0.1) is 0 Å². The van der Waals surface area contributed by atoms with Crippen molar-refractivity contribution in [2.75, 3.05) is 13.1 Å². The first-order valence-corrected chi connectivity index (χ1v) is 8.64. The Hall–Kier alpha value is -1.54. The molecule has 0 N–H and O–H groups in total. The van der Waals surface area contributed by atoms with E-state index in [1.165, 1.54) is 35.9 Å². The number of hydrogen-bond acceptors (Lipinski definition) is 2. The second kappa shape index (κ2) is 5.58. The van der Waals surface area contributed by atoms with Crippen LogP contribution in [-0.4, -0.2) is 24.0 Å². The van der Waals surface area contributed by atoms with Gasteiger partial charge in [-0.1, -0.05) is 43.7 Å². The average molecular weight is 295 g/mol. The SMILES string of the molecule is CCC1CC2C=CC1N(CCc1coc3c(C)cccc13)C2. The molecule has 3 aliphatic rings. The molecule has 2 bridgehead atoms. The van der Waals surface area contributed by atoms with E-state index in [1.54, 1.807) is 0 Å². The number of piperidine rings is 1. The monoisotopic (exact) mass is 295 g/mol. The molecule has 3 heterocycles. The fourth-order valence-electron chi connectivity index (χ4n) is 4.37. The molecule has 0 spiro atoms. The highest BCUT2D eigenvalue weighted by Gasteiger charge is 2.35. The zero-order valence-electron chi connectivity index (χ0n) is 13.6. The molecule has 1 fully saturated rings. The van der Waals surface area contributed by atoms with Crippen molar-refractivity contribution in [1.29, 1.82) is 0 Å². The Morgan fingerprint density at radius 3 is 3.00 bits per heavy atom. The Bertz CT molecular complexity index is 699. The number of rotatable bonds is 4. The number of furan rings is 1. The highest BCUT2D eigenvalue weighted by molar-refractivity contribution is 5.83. The number of aryl methyl sites for hydroxylation is 1. The third-order valence-corrected chi connectivity index (χ3v) is 5.63. The van der Waals surface area contributed by atoms with E-state index in [2.05, 4.69) is 49.1 Å². The summed E-state index contributed by atoms with van der Waals surface area (Å²) in [5.74, 6) is 1.63. The largest absolute Gasteiger partial charge is 0.464 e. The first kappa shape index (κ1) is 14.1. The molecule has 1 aliphatic carbocycles. The molecule has 2 heteroatoms. The van der Waals surface area contributed by atoms with Gasteiger partial charge in [0.2, 0.25) is 0 Å². The van der Waals surface area contributed by atoms with Crippen LogP contribution in [0.25, 0.3) is 11.0 Å². The van der Waals surface area contributed by atoms with E-state index >= 15 is 0 Å². The summed E-state index contributed by atoms with van der Waals surface area (Å²) in [5.41, 5.74) is 3.65. The highest BCUT2D eigenvalue weighted by Crippen LogP contribution is 2.36. The molecule has 2 aromatic rings. The van der Waals surface area contributed by atoms with Crippen LogP contribution in [0.1, 0.15) is 30.9 Å². The summed E-state index contributed by atoms with van der Waals surface area (Å²) in [6.07, 6.45) is 10.7. The number of benzene rings is 1. The Morgan fingerprint density at radius 2 is 2.18 bits per heavy atom. The maximum absolute atomic E-state index is 5.79. The predicted octanol–water partition coefficient (Wildman–Crippen LogP) is 4.57. The summed E-state index contributed by atoms with van der Waals surface area (Å²) in [6.45, 7) is 6.84. The van der Waals surface area contributed by atoms with E-state index in [-0.39, 0.29) is 0 Å². The first-order valence-electron chi connectivity index (χ1n) is 8.64. The van der Waals surface area contributed by atoms with Crippen LogP contribution in [0.2, 0.25) is 0 Å². The van der Waals surface area contributed by atoms with Crippen molar-refractivity contribution in [3.8, 4) is 0 Å². The predicted molar refractivity (Wildman–Crippen MR) is 91.0 cm³/mol. The molecule has 3 atom stereocenters. The topological polar surface area (TPSA) is 16.4 Å². The van der Waals surface area contributed by atoms with Crippen molar-refractivity contribution < 1.29 is 4.42 Å². The lowest BCUT2D eigenvalue weighted by Crippen LogP contribution is -2.50. The van der Waals surface area contributed by atoms with Gasteiger partial charge in [-0.3, -0.25) is 4.90 Å². The molecule has 0 saturated carbocycles. The molecular formula is C20H25NO. The van der Waals surface area contributed by atoms with Gasteiger partial charge < -0.3 is 4.42 Å². The fourth-order valence-corrected chi connectivity index (χ4v) is 4.37. The first-order chi connectivity index (χ1) is 10.8. The van der Waals surface area contributed by atoms with Crippen molar-refractivity contribution in [1.82, 2.24) is 4.90 Å². The quantitative estimate of drug-likeness (QED) is 0.768. The Labute approximate surface area is 132 Å². The van der Waals surface area contributed by atoms with Gasteiger partial charge in [0.05, 0.1) is 6.26 Å². The minimum absolute atomic E-state index is 0.662. The standard InChI is InChI=1S/C20H25NO/c1-3-16-11-15-7-8-19(16)21(12-15)10-9-17-13-22-20-14(2)5-4-6-18(17)20/h4-8,13,15-16,19H,3,9-12H2,1-2H3. The Kier molecular flexibility index (Phi) is 3.57. The van der Waals surface area contributed by atoms with E-state index in [0.717, 1.165) is 30.4 Å².